The van der Waals surface area contributed by atoms with E-state index in [4.69, 9.17) is 4.74 Å². The van der Waals surface area contributed by atoms with E-state index in [1.165, 1.54) is 21.8 Å². The molecular weight excluding hydrogens is 436 g/mol. The van der Waals surface area contributed by atoms with Crippen LogP contribution in [0.4, 0.5) is 0 Å². The number of benzene rings is 4. The Morgan fingerprint density at radius 3 is 2.03 bits per heavy atom. The number of hydrogen-bond donors (Lipinski definition) is 1. The van der Waals surface area contributed by atoms with Gasteiger partial charge < -0.3 is 14.4 Å². The van der Waals surface area contributed by atoms with Crippen molar-refractivity contribution in [1.29, 1.82) is 0 Å². The summed E-state index contributed by atoms with van der Waals surface area (Å²) in [4.78, 5) is 13.4. The largest absolute Gasteiger partial charge is 0.492 e. The average Bonchev–Trinajstić information content (AvgIpc) is 3.18. The Kier molecular flexibility index (Phi) is 6.77. The Labute approximate surface area is 204 Å². The van der Waals surface area contributed by atoms with Gasteiger partial charge in [0.1, 0.15) is 12.4 Å². The third-order valence-electron chi connectivity index (χ3n) is 6.18. The van der Waals surface area contributed by atoms with Gasteiger partial charge >= 0.3 is 5.97 Å². The van der Waals surface area contributed by atoms with E-state index in [1.54, 1.807) is 0 Å². The predicted octanol–water partition coefficient (Wildman–Crippen LogP) is 5.96. The second-order valence-electron chi connectivity index (χ2n) is 8.71. The molecule has 0 amide bonds. The first-order valence-corrected chi connectivity index (χ1v) is 11.8. The monoisotopic (exact) mass is 464 g/mol. The zero-order chi connectivity index (χ0) is 24.0. The first-order valence-electron chi connectivity index (χ1n) is 11.8. The van der Waals surface area contributed by atoms with Crippen molar-refractivity contribution in [3.63, 3.8) is 0 Å². The van der Waals surface area contributed by atoms with Crippen LogP contribution in [0.2, 0.25) is 0 Å². The van der Waals surface area contributed by atoms with Gasteiger partial charge in [-0.1, -0.05) is 78.9 Å². The number of ether oxygens (including phenoxy) is 1. The summed E-state index contributed by atoms with van der Waals surface area (Å²) in [7, 11) is 0. The van der Waals surface area contributed by atoms with E-state index in [9.17, 15) is 9.90 Å². The number of carbonyl (C=O) groups is 1. The van der Waals surface area contributed by atoms with Crippen LogP contribution in [0.15, 0.2) is 103 Å². The van der Waals surface area contributed by atoms with Gasteiger partial charge in [0.25, 0.3) is 0 Å². The van der Waals surface area contributed by atoms with Crippen LogP contribution in [-0.4, -0.2) is 33.7 Å². The van der Waals surface area contributed by atoms with Crippen molar-refractivity contribution in [2.24, 2.45) is 0 Å². The van der Waals surface area contributed by atoms with Crippen LogP contribution in [0.1, 0.15) is 11.1 Å². The lowest BCUT2D eigenvalue weighted by molar-refractivity contribution is -0.138. The SMILES string of the molecule is O=C(O)CN(Cc1ccccc1)Cc1cccc(OCCn2c3ccccc3c3ccccc32)c1. The molecule has 176 valence electrons. The molecule has 0 aliphatic rings. The van der Waals surface area contributed by atoms with E-state index in [0.717, 1.165) is 23.4 Å². The van der Waals surface area contributed by atoms with Crippen LogP contribution < -0.4 is 4.74 Å². The standard InChI is InChI=1S/C30H28N2O3/c33-30(34)22-31(20-23-9-2-1-3-10-23)21-24-11-8-12-25(19-24)35-18-17-32-28-15-6-4-13-26(28)27-14-5-7-16-29(27)32/h1-16,19H,17-18,20-22H2,(H,33,34). The van der Waals surface area contributed by atoms with E-state index in [2.05, 4.69) is 53.1 Å². The topological polar surface area (TPSA) is 54.7 Å². The third kappa shape index (κ3) is 5.36. The number of hydrogen-bond acceptors (Lipinski definition) is 3. The lowest BCUT2D eigenvalue weighted by atomic mass is 10.1. The summed E-state index contributed by atoms with van der Waals surface area (Å²) in [6.45, 7) is 2.36. The minimum absolute atomic E-state index is 0.0201. The Morgan fingerprint density at radius 2 is 1.34 bits per heavy atom. The van der Waals surface area contributed by atoms with Gasteiger partial charge in [0.05, 0.1) is 13.1 Å². The molecule has 0 saturated heterocycles. The lowest BCUT2D eigenvalue weighted by Crippen LogP contribution is -2.28. The molecular formula is C30H28N2O3. The molecule has 5 heteroatoms. The van der Waals surface area contributed by atoms with Crippen LogP contribution in [-0.2, 0) is 24.4 Å². The van der Waals surface area contributed by atoms with Crippen molar-refractivity contribution in [1.82, 2.24) is 9.47 Å². The number of para-hydroxylation sites is 2. The van der Waals surface area contributed by atoms with Crippen molar-refractivity contribution >= 4 is 27.8 Å². The molecule has 0 saturated carbocycles. The van der Waals surface area contributed by atoms with Gasteiger partial charge in [-0.2, -0.15) is 0 Å². The highest BCUT2D eigenvalue weighted by Crippen LogP contribution is 2.28. The fourth-order valence-corrected chi connectivity index (χ4v) is 4.69. The Balaban J connectivity index is 1.28. The highest BCUT2D eigenvalue weighted by Gasteiger charge is 2.12. The minimum Gasteiger partial charge on any atom is -0.492 e. The number of aromatic nitrogens is 1. The molecule has 35 heavy (non-hydrogen) atoms. The maximum Gasteiger partial charge on any atom is 0.317 e. The number of carboxylic acid groups (broad SMARTS) is 1. The van der Waals surface area contributed by atoms with E-state index in [0.29, 0.717) is 19.7 Å². The number of aliphatic carboxylic acids is 1. The zero-order valence-electron chi connectivity index (χ0n) is 19.5. The molecule has 5 nitrogen and oxygen atoms in total. The van der Waals surface area contributed by atoms with Crippen LogP contribution in [0, 0.1) is 0 Å². The molecule has 0 atom stereocenters. The Bertz CT molecular complexity index is 1390. The van der Waals surface area contributed by atoms with Crippen molar-refractivity contribution in [2.75, 3.05) is 13.2 Å². The summed E-state index contributed by atoms with van der Waals surface area (Å²) < 4.78 is 8.45. The van der Waals surface area contributed by atoms with Crippen molar-refractivity contribution in [3.8, 4) is 5.75 Å². The van der Waals surface area contributed by atoms with Crippen molar-refractivity contribution < 1.29 is 14.6 Å². The average molecular weight is 465 g/mol. The molecule has 0 aliphatic heterocycles. The molecule has 0 aliphatic carbocycles. The molecule has 1 heterocycles. The van der Waals surface area contributed by atoms with Gasteiger partial charge in [-0.25, -0.2) is 0 Å². The van der Waals surface area contributed by atoms with Gasteiger partial charge in [0.2, 0.25) is 0 Å². The second-order valence-corrected chi connectivity index (χ2v) is 8.71. The molecule has 5 rings (SSSR count). The predicted molar refractivity (Wildman–Crippen MR) is 140 cm³/mol. The molecule has 0 bridgehead atoms. The Hall–Kier alpha value is -4.09. The summed E-state index contributed by atoms with van der Waals surface area (Å²) >= 11 is 0. The number of nitrogens with zero attached hydrogens (tertiary/aromatic N) is 2. The molecule has 1 aromatic heterocycles. The molecule has 0 unspecified atom stereocenters. The summed E-state index contributed by atoms with van der Waals surface area (Å²) in [6, 6.07) is 34.8. The number of carboxylic acids is 1. The van der Waals surface area contributed by atoms with Gasteiger partial charge in [-0.05, 0) is 35.4 Å². The highest BCUT2D eigenvalue weighted by atomic mass is 16.5. The first kappa shape index (κ1) is 22.7. The van der Waals surface area contributed by atoms with E-state index >= 15 is 0 Å². The van der Waals surface area contributed by atoms with Crippen LogP contribution in [0.25, 0.3) is 21.8 Å². The Morgan fingerprint density at radius 1 is 0.743 bits per heavy atom. The van der Waals surface area contributed by atoms with E-state index in [1.807, 2.05) is 59.5 Å². The minimum atomic E-state index is -0.834. The lowest BCUT2D eigenvalue weighted by Gasteiger charge is -2.21. The molecule has 0 fully saturated rings. The van der Waals surface area contributed by atoms with Gasteiger partial charge in [0.15, 0.2) is 0 Å². The second kappa shape index (κ2) is 10.5. The third-order valence-corrected chi connectivity index (χ3v) is 6.18. The van der Waals surface area contributed by atoms with Gasteiger partial charge in [0, 0.05) is 34.9 Å². The van der Waals surface area contributed by atoms with Gasteiger partial charge in [-0.15, -0.1) is 0 Å². The van der Waals surface area contributed by atoms with Crippen molar-refractivity contribution in [2.45, 2.75) is 19.6 Å². The van der Waals surface area contributed by atoms with Crippen LogP contribution >= 0.6 is 0 Å². The normalized spacial score (nSPS) is 11.3. The zero-order valence-corrected chi connectivity index (χ0v) is 19.5. The summed E-state index contributed by atoms with van der Waals surface area (Å²) in [5.74, 6) is -0.0437. The van der Waals surface area contributed by atoms with Crippen LogP contribution in [0.5, 0.6) is 5.75 Å². The maximum absolute atomic E-state index is 11.4. The summed E-state index contributed by atoms with van der Waals surface area (Å²) in [5, 5.41) is 11.9. The number of fused-ring (bicyclic) bond motifs is 3. The smallest absolute Gasteiger partial charge is 0.317 e. The highest BCUT2D eigenvalue weighted by molar-refractivity contribution is 6.07. The molecule has 5 aromatic rings. The molecule has 0 radical (unpaired) electrons. The quantitative estimate of drug-likeness (QED) is 0.277. The number of rotatable bonds is 10. The molecule has 0 spiro atoms. The molecule has 4 aromatic carbocycles. The first-order chi connectivity index (χ1) is 17.2. The fraction of sp³-hybridized carbons (Fsp3) is 0.167. The van der Waals surface area contributed by atoms with Crippen molar-refractivity contribution in [3.05, 3.63) is 114 Å². The molecule has 1 N–H and O–H groups in total. The maximum atomic E-state index is 11.4. The summed E-state index contributed by atoms with van der Waals surface area (Å²) in [6.07, 6.45) is 0. The van der Waals surface area contributed by atoms with Gasteiger partial charge in [-0.3, -0.25) is 9.69 Å². The summed E-state index contributed by atoms with van der Waals surface area (Å²) in [5.41, 5.74) is 4.52. The van der Waals surface area contributed by atoms with Crippen LogP contribution in [0.3, 0.4) is 0 Å². The fourth-order valence-electron chi connectivity index (χ4n) is 4.69. The van der Waals surface area contributed by atoms with E-state index in [-0.39, 0.29) is 6.54 Å². The van der Waals surface area contributed by atoms with E-state index < -0.39 is 5.97 Å².